The fourth-order valence-corrected chi connectivity index (χ4v) is 1.62. The summed E-state index contributed by atoms with van der Waals surface area (Å²) >= 11 is 0. The molecule has 0 spiro atoms. The molecule has 20 heavy (non-hydrogen) atoms. The van der Waals surface area contributed by atoms with Crippen molar-refractivity contribution in [2.75, 3.05) is 6.61 Å². The lowest BCUT2D eigenvalue weighted by Gasteiger charge is -2.07. The van der Waals surface area contributed by atoms with Crippen LogP contribution in [0.3, 0.4) is 0 Å². The lowest BCUT2D eigenvalue weighted by molar-refractivity contribution is -0.123. The summed E-state index contributed by atoms with van der Waals surface area (Å²) in [6.07, 6.45) is 0. The third-order valence-electron chi connectivity index (χ3n) is 2.69. The van der Waals surface area contributed by atoms with E-state index in [9.17, 15) is 4.79 Å². The Balaban J connectivity index is 1.76. The molecule has 2 rings (SSSR count). The summed E-state index contributed by atoms with van der Waals surface area (Å²) in [7, 11) is 0. The maximum absolute atomic E-state index is 11.6. The second-order valence-corrected chi connectivity index (χ2v) is 4.19. The molecular weight excluding hydrogens is 252 g/mol. The second-order valence-electron chi connectivity index (χ2n) is 4.19. The molecule has 0 fully saturated rings. The largest absolute Gasteiger partial charge is 0.484 e. The van der Waals surface area contributed by atoms with Crippen molar-refractivity contribution in [3.8, 4) is 11.8 Å². The van der Waals surface area contributed by atoms with Crippen LogP contribution in [-0.4, -0.2) is 12.5 Å². The average molecular weight is 266 g/mol. The van der Waals surface area contributed by atoms with Gasteiger partial charge in [0.2, 0.25) is 0 Å². The Kier molecular flexibility index (Phi) is 4.74. The number of hydrogen-bond acceptors (Lipinski definition) is 3. The molecule has 0 aromatic heterocycles. The zero-order valence-electron chi connectivity index (χ0n) is 10.9. The van der Waals surface area contributed by atoms with Crippen LogP contribution in [-0.2, 0) is 11.3 Å². The Morgan fingerprint density at radius 1 is 1.10 bits per heavy atom. The molecule has 0 aliphatic rings. The number of benzene rings is 2. The van der Waals surface area contributed by atoms with E-state index in [0.29, 0.717) is 17.9 Å². The van der Waals surface area contributed by atoms with Gasteiger partial charge in [-0.3, -0.25) is 4.79 Å². The predicted molar refractivity (Wildman–Crippen MR) is 74.9 cm³/mol. The van der Waals surface area contributed by atoms with Crippen molar-refractivity contribution >= 4 is 5.91 Å². The summed E-state index contributed by atoms with van der Waals surface area (Å²) in [4.78, 5) is 11.6. The van der Waals surface area contributed by atoms with Crippen molar-refractivity contribution in [2.45, 2.75) is 6.54 Å². The number of nitrogens with zero attached hydrogens (tertiary/aromatic N) is 1. The maximum atomic E-state index is 11.6. The summed E-state index contributed by atoms with van der Waals surface area (Å²) in [5.74, 6) is 0.386. The van der Waals surface area contributed by atoms with Gasteiger partial charge in [0, 0.05) is 6.54 Å². The lowest BCUT2D eigenvalue weighted by Crippen LogP contribution is -2.28. The molecule has 0 heterocycles. The van der Waals surface area contributed by atoms with E-state index < -0.39 is 0 Å². The highest BCUT2D eigenvalue weighted by Gasteiger charge is 2.02. The monoisotopic (exact) mass is 266 g/mol. The number of nitrogens with one attached hydrogen (secondary N) is 1. The van der Waals surface area contributed by atoms with E-state index in [0.717, 1.165) is 5.56 Å². The number of hydrogen-bond donors (Lipinski definition) is 1. The van der Waals surface area contributed by atoms with Crippen LogP contribution in [0.5, 0.6) is 5.75 Å². The zero-order chi connectivity index (χ0) is 14.2. The molecule has 0 bridgehead atoms. The molecule has 4 nitrogen and oxygen atoms in total. The van der Waals surface area contributed by atoms with Gasteiger partial charge in [0.25, 0.3) is 5.91 Å². The van der Waals surface area contributed by atoms with Crippen LogP contribution < -0.4 is 10.1 Å². The fraction of sp³-hybridized carbons (Fsp3) is 0.125. The average Bonchev–Trinajstić information content (AvgIpc) is 2.52. The van der Waals surface area contributed by atoms with Gasteiger partial charge < -0.3 is 10.1 Å². The van der Waals surface area contributed by atoms with E-state index in [1.54, 1.807) is 24.3 Å². The number of rotatable bonds is 5. The Morgan fingerprint density at radius 3 is 2.45 bits per heavy atom. The summed E-state index contributed by atoms with van der Waals surface area (Å²) in [5, 5.41) is 11.4. The molecule has 2 aromatic rings. The lowest BCUT2D eigenvalue weighted by atomic mass is 10.2. The van der Waals surface area contributed by atoms with E-state index in [1.807, 2.05) is 36.4 Å². The highest BCUT2D eigenvalue weighted by atomic mass is 16.5. The number of carbonyl (C=O) groups is 1. The molecule has 1 N–H and O–H groups in total. The summed E-state index contributed by atoms with van der Waals surface area (Å²) in [6, 6.07) is 18.3. The van der Waals surface area contributed by atoms with E-state index in [4.69, 9.17) is 10.00 Å². The molecule has 0 aliphatic heterocycles. The van der Waals surface area contributed by atoms with Crippen LogP contribution in [0.4, 0.5) is 0 Å². The molecule has 0 saturated heterocycles. The molecule has 0 atom stereocenters. The van der Waals surface area contributed by atoms with Gasteiger partial charge >= 0.3 is 0 Å². The quantitative estimate of drug-likeness (QED) is 0.902. The third kappa shape index (κ3) is 4.14. The molecule has 0 radical (unpaired) electrons. The minimum atomic E-state index is -0.182. The zero-order valence-corrected chi connectivity index (χ0v) is 10.9. The van der Waals surface area contributed by atoms with Crippen molar-refractivity contribution in [2.24, 2.45) is 0 Å². The first-order valence-corrected chi connectivity index (χ1v) is 6.21. The van der Waals surface area contributed by atoms with Gasteiger partial charge in [-0.1, -0.05) is 30.3 Å². The summed E-state index contributed by atoms with van der Waals surface area (Å²) in [6.45, 7) is 0.440. The number of carbonyl (C=O) groups excluding carboxylic acids is 1. The minimum absolute atomic E-state index is 0.0429. The highest BCUT2D eigenvalue weighted by Crippen LogP contribution is 2.11. The first-order valence-electron chi connectivity index (χ1n) is 6.21. The molecular formula is C16H14N2O2. The van der Waals surface area contributed by atoms with Crippen molar-refractivity contribution in [3.05, 3.63) is 65.7 Å². The van der Waals surface area contributed by atoms with Crippen LogP contribution in [0.15, 0.2) is 54.6 Å². The first kappa shape index (κ1) is 13.6. The van der Waals surface area contributed by atoms with E-state index in [2.05, 4.69) is 5.32 Å². The van der Waals surface area contributed by atoms with E-state index in [-0.39, 0.29) is 12.5 Å². The van der Waals surface area contributed by atoms with Gasteiger partial charge in [-0.15, -0.1) is 0 Å². The molecule has 100 valence electrons. The standard InChI is InChI=1S/C16H14N2O2/c17-10-13-6-8-15(9-7-13)20-12-16(19)18-11-14-4-2-1-3-5-14/h1-9H,11-12H2,(H,18,19). The summed E-state index contributed by atoms with van der Waals surface area (Å²) in [5.41, 5.74) is 1.60. The molecule has 0 saturated carbocycles. The highest BCUT2D eigenvalue weighted by molar-refractivity contribution is 5.77. The number of ether oxygens (including phenoxy) is 1. The van der Waals surface area contributed by atoms with Gasteiger partial charge in [0.15, 0.2) is 6.61 Å². The van der Waals surface area contributed by atoms with Gasteiger partial charge in [-0.2, -0.15) is 5.26 Å². The van der Waals surface area contributed by atoms with E-state index in [1.165, 1.54) is 0 Å². The Bertz CT molecular complexity index is 601. The van der Waals surface area contributed by atoms with E-state index >= 15 is 0 Å². The number of nitriles is 1. The fourth-order valence-electron chi connectivity index (χ4n) is 1.62. The topological polar surface area (TPSA) is 62.1 Å². The predicted octanol–water partition coefficient (Wildman–Crippen LogP) is 2.25. The minimum Gasteiger partial charge on any atom is -0.484 e. The van der Waals surface area contributed by atoms with Crippen LogP contribution in [0.1, 0.15) is 11.1 Å². The second kappa shape index (κ2) is 6.95. The SMILES string of the molecule is N#Cc1ccc(OCC(=O)NCc2ccccc2)cc1. The van der Waals surface area contributed by atoms with Crippen molar-refractivity contribution in [1.29, 1.82) is 5.26 Å². The normalized spacial score (nSPS) is 9.55. The Labute approximate surface area is 117 Å². The maximum Gasteiger partial charge on any atom is 0.258 e. The van der Waals surface area contributed by atoms with Crippen molar-refractivity contribution < 1.29 is 9.53 Å². The number of amides is 1. The van der Waals surface area contributed by atoms with Crippen LogP contribution in [0.2, 0.25) is 0 Å². The molecule has 2 aromatic carbocycles. The first-order chi connectivity index (χ1) is 9.78. The molecule has 4 heteroatoms. The third-order valence-corrected chi connectivity index (χ3v) is 2.69. The van der Waals surface area contributed by atoms with Crippen LogP contribution >= 0.6 is 0 Å². The van der Waals surface area contributed by atoms with Gasteiger partial charge in [-0.25, -0.2) is 0 Å². The molecule has 0 unspecified atom stereocenters. The van der Waals surface area contributed by atoms with Crippen LogP contribution in [0.25, 0.3) is 0 Å². The Morgan fingerprint density at radius 2 is 1.80 bits per heavy atom. The summed E-state index contributed by atoms with van der Waals surface area (Å²) < 4.78 is 5.33. The molecule has 0 aliphatic carbocycles. The van der Waals surface area contributed by atoms with Gasteiger partial charge in [0.1, 0.15) is 5.75 Å². The van der Waals surface area contributed by atoms with Crippen LogP contribution in [0, 0.1) is 11.3 Å². The smallest absolute Gasteiger partial charge is 0.258 e. The van der Waals surface area contributed by atoms with Gasteiger partial charge in [0.05, 0.1) is 11.6 Å². The van der Waals surface area contributed by atoms with Crippen molar-refractivity contribution in [3.63, 3.8) is 0 Å². The Hall–Kier alpha value is -2.80. The van der Waals surface area contributed by atoms with Gasteiger partial charge in [-0.05, 0) is 29.8 Å². The molecule has 1 amide bonds. The van der Waals surface area contributed by atoms with Crippen molar-refractivity contribution in [1.82, 2.24) is 5.32 Å².